The molecule has 4 heterocycles. The van der Waals surface area contributed by atoms with E-state index in [1.807, 2.05) is 30.6 Å². The molecule has 0 bridgehead atoms. The van der Waals surface area contributed by atoms with Crippen LogP contribution in [0.4, 0.5) is 17.3 Å². The first-order valence-electron chi connectivity index (χ1n) is 11.3. The Labute approximate surface area is 188 Å². The topological polar surface area (TPSA) is 103 Å². The first kappa shape index (κ1) is 20.6. The van der Waals surface area contributed by atoms with Gasteiger partial charge in [0.15, 0.2) is 0 Å². The quantitative estimate of drug-likeness (QED) is 0.579. The number of hydrogen-bond acceptors (Lipinski definition) is 8. The van der Waals surface area contributed by atoms with Crippen molar-refractivity contribution < 1.29 is 0 Å². The van der Waals surface area contributed by atoms with Gasteiger partial charge in [-0.1, -0.05) is 12.8 Å². The average molecular weight is 432 g/mol. The van der Waals surface area contributed by atoms with Crippen LogP contribution in [0, 0.1) is 0 Å². The molecule has 5 rings (SSSR count). The number of hydrogen-bond donors (Lipinski definition) is 3. The molecule has 0 spiro atoms. The standard InChI is InChI=1S/C23H29N9/c1-24-13-19-18-9-11-26-14-20(18)32(17-4-2-3-5-17)23(19)28-15-27-21-6-7-22(31-30-21)29-16-8-10-25-12-16/h6-7,9,11,13-14,16-17,25H,1-5,8,10,12,15H2,(H,27,30)(H,29,31)/b19-13-,28-23+. The van der Waals surface area contributed by atoms with E-state index in [1.54, 1.807) is 6.20 Å². The fourth-order valence-corrected chi connectivity index (χ4v) is 4.77. The summed E-state index contributed by atoms with van der Waals surface area (Å²) in [5, 5.41) is 18.6. The van der Waals surface area contributed by atoms with Gasteiger partial charge in [-0.2, -0.15) is 0 Å². The normalized spacial score (nSPS) is 23.1. The molecule has 9 nitrogen and oxygen atoms in total. The summed E-state index contributed by atoms with van der Waals surface area (Å²) in [6.07, 6.45) is 11.4. The fourth-order valence-electron chi connectivity index (χ4n) is 4.77. The van der Waals surface area contributed by atoms with Crippen LogP contribution in [-0.2, 0) is 0 Å². The summed E-state index contributed by atoms with van der Waals surface area (Å²) in [4.78, 5) is 15.7. The lowest BCUT2D eigenvalue weighted by molar-refractivity contribution is 0.692. The lowest BCUT2D eigenvalue weighted by atomic mass is 10.1. The predicted molar refractivity (Wildman–Crippen MR) is 129 cm³/mol. The van der Waals surface area contributed by atoms with Gasteiger partial charge in [-0.25, -0.2) is 4.99 Å². The molecule has 9 heteroatoms. The molecule has 3 N–H and O–H groups in total. The number of nitrogens with zero attached hydrogens (tertiary/aromatic N) is 6. The molecule has 0 amide bonds. The van der Waals surface area contributed by atoms with E-state index in [1.165, 1.54) is 12.8 Å². The van der Waals surface area contributed by atoms with Gasteiger partial charge in [-0.15, -0.1) is 10.2 Å². The Hall–Kier alpha value is -3.33. The molecule has 3 aliphatic rings. The second kappa shape index (κ2) is 9.44. The predicted octanol–water partition coefficient (Wildman–Crippen LogP) is 2.92. The highest BCUT2D eigenvalue weighted by Gasteiger charge is 2.36. The first-order chi connectivity index (χ1) is 15.8. The van der Waals surface area contributed by atoms with Crippen LogP contribution in [0.5, 0.6) is 0 Å². The molecular weight excluding hydrogens is 402 g/mol. The molecule has 1 unspecified atom stereocenters. The summed E-state index contributed by atoms with van der Waals surface area (Å²) in [7, 11) is 0. The maximum absolute atomic E-state index is 4.92. The van der Waals surface area contributed by atoms with E-state index in [-0.39, 0.29) is 0 Å². The largest absolute Gasteiger partial charge is 0.365 e. The summed E-state index contributed by atoms with van der Waals surface area (Å²) in [6, 6.07) is 6.76. The molecule has 1 saturated heterocycles. The molecule has 1 saturated carbocycles. The van der Waals surface area contributed by atoms with E-state index in [0.29, 0.717) is 24.6 Å². The van der Waals surface area contributed by atoms with E-state index >= 15 is 0 Å². The van der Waals surface area contributed by atoms with Crippen LogP contribution in [-0.4, -0.2) is 59.6 Å². The molecule has 2 aromatic heterocycles. The minimum atomic E-state index is 0.391. The number of anilines is 3. The van der Waals surface area contributed by atoms with Crippen LogP contribution in [0.2, 0.25) is 0 Å². The van der Waals surface area contributed by atoms with Crippen molar-refractivity contribution in [1.29, 1.82) is 0 Å². The Balaban J connectivity index is 1.32. The van der Waals surface area contributed by atoms with Crippen molar-refractivity contribution in [2.45, 2.75) is 44.2 Å². The van der Waals surface area contributed by atoms with Crippen molar-refractivity contribution in [3.8, 4) is 0 Å². The molecule has 0 aromatic carbocycles. The summed E-state index contributed by atoms with van der Waals surface area (Å²) in [6.45, 7) is 6.06. The number of pyridine rings is 1. The van der Waals surface area contributed by atoms with Gasteiger partial charge in [0.25, 0.3) is 0 Å². The number of nitrogens with one attached hydrogen (secondary N) is 3. The zero-order valence-corrected chi connectivity index (χ0v) is 18.2. The van der Waals surface area contributed by atoms with E-state index in [9.17, 15) is 0 Å². The van der Waals surface area contributed by atoms with Gasteiger partial charge in [-0.05, 0) is 50.7 Å². The van der Waals surface area contributed by atoms with Crippen molar-refractivity contribution in [2.75, 3.05) is 35.3 Å². The van der Waals surface area contributed by atoms with E-state index < -0.39 is 0 Å². The Bertz CT molecular complexity index is 1000. The fraction of sp³-hybridized carbons (Fsp3) is 0.435. The molecular formula is C23H29N9. The van der Waals surface area contributed by atoms with Crippen LogP contribution < -0.4 is 20.9 Å². The molecule has 2 fully saturated rings. The third-order valence-electron chi connectivity index (χ3n) is 6.29. The van der Waals surface area contributed by atoms with Gasteiger partial charge in [0.2, 0.25) is 0 Å². The summed E-state index contributed by atoms with van der Waals surface area (Å²) in [5.41, 5.74) is 3.20. The van der Waals surface area contributed by atoms with Gasteiger partial charge >= 0.3 is 0 Å². The Kier molecular flexibility index (Phi) is 6.06. The van der Waals surface area contributed by atoms with Gasteiger partial charge in [0, 0.05) is 42.2 Å². The van der Waals surface area contributed by atoms with Crippen LogP contribution >= 0.6 is 0 Å². The van der Waals surface area contributed by atoms with Crippen molar-refractivity contribution in [1.82, 2.24) is 20.5 Å². The maximum atomic E-state index is 4.92. The monoisotopic (exact) mass is 431 g/mol. The van der Waals surface area contributed by atoms with E-state index in [0.717, 1.165) is 60.8 Å². The van der Waals surface area contributed by atoms with Crippen LogP contribution in [0.25, 0.3) is 5.57 Å². The van der Waals surface area contributed by atoms with Crippen molar-refractivity contribution in [3.63, 3.8) is 0 Å². The first-order valence-corrected chi connectivity index (χ1v) is 11.3. The molecule has 166 valence electrons. The summed E-state index contributed by atoms with van der Waals surface area (Å²) in [5.74, 6) is 2.41. The SMILES string of the molecule is C=N/C=C1\C(=N/CNc2ccc(NC3CCNC3)nn2)N(C2CCCC2)c2cnccc21. The van der Waals surface area contributed by atoms with Crippen molar-refractivity contribution in [3.05, 3.63) is 42.4 Å². The van der Waals surface area contributed by atoms with Gasteiger partial charge in [0.05, 0.1) is 11.9 Å². The zero-order chi connectivity index (χ0) is 21.8. The van der Waals surface area contributed by atoms with Gasteiger partial charge in [-0.3, -0.25) is 9.98 Å². The maximum Gasteiger partial charge on any atom is 0.150 e. The van der Waals surface area contributed by atoms with Crippen molar-refractivity contribution >= 4 is 35.4 Å². The van der Waals surface area contributed by atoms with Gasteiger partial charge in [0.1, 0.15) is 24.1 Å². The smallest absolute Gasteiger partial charge is 0.150 e. The molecule has 0 radical (unpaired) electrons. The highest BCUT2D eigenvalue weighted by Crippen LogP contribution is 2.41. The number of fused-ring (bicyclic) bond motifs is 1. The number of aliphatic imine (C=N–C) groups is 2. The van der Waals surface area contributed by atoms with E-state index in [2.05, 4.69) is 47.7 Å². The highest BCUT2D eigenvalue weighted by molar-refractivity contribution is 6.35. The molecule has 32 heavy (non-hydrogen) atoms. The Morgan fingerprint density at radius 1 is 1.16 bits per heavy atom. The van der Waals surface area contributed by atoms with Gasteiger partial charge < -0.3 is 20.9 Å². The second-order valence-corrected chi connectivity index (χ2v) is 8.38. The molecule has 1 aliphatic carbocycles. The third kappa shape index (κ3) is 4.20. The lowest BCUT2D eigenvalue weighted by Gasteiger charge is -2.27. The number of aromatic nitrogens is 3. The van der Waals surface area contributed by atoms with Crippen LogP contribution in [0.3, 0.4) is 0 Å². The molecule has 2 aromatic rings. The Morgan fingerprint density at radius 2 is 2.00 bits per heavy atom. The highest BCUT2D eigenvalue weighted by atomic mass is 15.3. The minimum absolute atomic E-state index is 0.391. The third-order valence-corrected chi connectivity index (χ3v) is 6.29. The van der Waals surface area contributed by atoms with Crippen molar-refractivity contribution in [2.24, 2.45) is 9.98 Å². The Morgan fingerprint density at radius 3 is 2.75 bits per heavy atom. The summed E-state index contributed by atoms with van der Waals surface area (Å²) < 4.78 is 0. The minimum Gasteiger partial charge on any atom is -0.365 e. The van der Waals surface area contributed by atoms with E-state index in [4.69, 9.17) is 4.99 Å². The second-order valence-electron chi connectivity index (χ2n) is 8.38. The van der Waals surface area contributed by atoms with Crippen LogP contribution in [0.1, 0.15) is 37.7 Å². The van der Waals surface area contributed by atoms with Crippen LogP contribution in [0.15, 0.2) is 46.8 Å². The molecule has 2 aliphatic heterocycles. The molecule has 1 atom stereocenters. The summed E-state index contributed by atoms with van der Waals surface area (Å²) >= 11 is 0. The number of amidine groups is 1. The lowest BCUT2D eigenvalue weighted by Crippen LogP contribution is -2.36. The number of rotatable bonds is 7. The zero-order valence-electron chi connectivity index (χ0n) is 18.2. The average Bonchev–Trinajstić information content (AvgIpc) is 3.57.